The molecule has 0 aliphatic heterocycles. The van der Waals surface area contributed by atoms with Crippen molar-refractivity contribution in [3.8, 4) is 0 Å². The van der Waals surface area contributed by atoms with Gasteiger partial charge in [0.05, 0.1) is 0 Å². The van der Waals surface area contributed by atoms with Gasteiger partial charge in [-0.15, -0.1) is 0 Å². The van der Waals surface area contributed by atoms with Gasteiger partial charge >= 0.3 is 150 Å². The Labute approximate surface area is 149 Å². The Morgan fingerprint density at radius 1 is 0.773 bits per heavy atom. The molecule has 0 heterocycles. The van der Waals surface area contributed by atoms with Gasteiger partial charge in [0.25, 0.3) is 0 Å². The minimum atomic E-state index is -1.30. The van der Waals surface area contributed by atoms with Crippen molar-refractivity contribution in [3.63, 3.8) is 0 Å². The summed E-state index contributed by atoms with van der Waals surface area (Å²) >= 11 is -1.30. The van der Waals surface area contributed by atoms with E-state index in [0.717, 1.165) is 3.67 Å². The summed E-state index contributed by atoms with van der Waals surface area (Å²) in [5.74, 6) is 0. The normalized spacial score (nSPS) is 12.1. The first-order valence-electron chi connectivity index (χ1n) is 9.92. The zero-order valence-electron chi connectivity index (χ0n) is 16.7. The Kier molecular flexibility index (Phi) is 14.7. The molecule has 0 atom stereocenters. The van der Waals surface area contributed by atoms with Crippen LogP contribution in [0.4, 0.5) is 0 Å². The van der Waals surface area contributed by atoms with Gasteiger partial charge < -0.3 is 0 Å². The van der Waals surface area contributed by atoms with Crippen LogP contribution in [0.3, 0.4) is 0 Å². The molecule has 0 aromatic rings. The minimum absolute atomic E-state index is 0.713. The second-order valence-electron chi connectivity index (χ2n) is 7.45. The first-order chi connectivity index (χ1) is 10.5. The third-order valence-corrected chi connectivity index (χ3v) is 17.1. The number of nitrogens with zero attached hydrogens (tertiary/aromatic N) is 2. The SMILES string of the molecule is CCCN(CC)CC[CH2][In]([CH2]CCN(CC)C(C)C)[CH](C)C. The predicted molar refractivity (Wildman–Crippen MR) is 104 cm³/mol. The van der Waals surface area contributed by atoms with Crippen LogP contribution in [0, 0.1) is 0 Å². The molecule has 0 bridgehead atoms. The molecule has 0 amide bonds. The maximum atomic E-state index is 2.64. The summed E-state index contributed by atoms with van der Waals surface area (Å²) in [6.45, 7) is 23.0. The summed E-state index contributed by atoms with van der Waals surface area (Å²) in [4.78, 5) is 5.27. The van der Waals surface area contributed by atoms with Gasteiger partial charge in [-0.3, -0.25) is 0 Å². The van der Waals surface area contributed by atoms with Gasteiger partial charge in [0.1, 0.15) is 0 Å². The molecule has 0 aromatic carbocycles. The summed E-state index contributed by atoms with van der Waals surface area (Å²) in [5.41, 5.74) is 0. The standard InChI is InChI=1S/2C8H18N.C3H7.In/c1-5-7-9(6-2)8(3)4;1-4-7-9(6-3)8-5-2;1-3-2;/h8H,1,5-7H2,2-4H3;1,4-8H2,2-3H3;3H,1-2H3;. The fourth-order valence-electron chi connectivity index (χ4n) is 3.47. The third kappa shape index (κ3) is 10.5. The van der Waals surface area contributed by atoms with Crippen LogP contribution in [0.5, 0.6) is 0 Å². The molecule has 0 spiro atoms. The van der Waals surface area contributed by atoms with E-state index in [0.29, 0.717) is 6.04 Å². The molecule has 0 fully saturated rings. The van der Waals surface area contributed by atoms with Crippen molar-refractivity contribution < 1.29 is 0 Å². The van der Waals surface area contributed by atoms with Crippen molar-refractivity contribution in [2.75, 3.05) is 32.7 Å². The van der Waals surface area contributed by atoms with Crippen molar-refractivity contribution >= 4 is 21.4 Å². The van der Waals surface area contributed by atoms with Crippen LogP contribution in [-0.4, -0.2) is 70.0 Å². The Balaban J connectivity index is 4.05. The zero-order chi connectivity index (χ0) is 17.0. The second-order valence-corrected chi connectivity index (χ2v) is 18.9. The molecule has 0 rings (SSSR count). The molecule has 0 unspecified atom stereocenters. The molecule has 2 nitrogen and oxygen atoms in total. The van der Waals surface area contributed by atoms with E-state index in [4.69, 9.17) is 0 Å². The van der Waals surface area contributed by atoms with Gasteiger partial charge in [0.15, 0.2) is 0 Å². The molecule has 132 valence electrons. The van der Waals surface area contributed by atoms with E-state index in [1.807, 2.05) is 0 Å². The predicted octanol–water partition coefficient (Wildman–Crippen LogP) is 5.13. The molecule has 0 N–H and O–H groups in total. The van der Waals surface area contributed by atoms with E-state index >= 15 is 0 Å². The van der Waals surface area contributed by atoms with Crippen LogP contribution in [-0.2, 0) is 0 Å². The van der Waals surface area contributed by atoms with Gasteiger partial charge in [-0.05, 0) is 0 Å². The van der Waals surface area contributed by atoms with Crippen molar-refractivity contribution in [3.05, 3.63) is 0 Å². The van der Waals surface area contributed by atoms with Gasteiger partial charge in [0, 0.05) is 0 Å². The van der Waals surface area contributed by atoms with Gasteiger partial charge in [0.2, 0.25) is 0 Å². The van der Waals surface area contributed by atoms with Crippen LogP contribution >= 0.6 is 0 Å². The quantitative estimate of drug-likeness (QED) is 0.389. The molecular weight excluding hydrogens is 371 g/mol. The molecule has 0 radical (unpaired) electrons. The zero-order valence-corrected chi connectivity index (χ0v) is 20.0. The molecule has 3 heteroatoms. The topological polar surface area (TPSA) is 6.48 Å². The number of hydrogen-bond acceptors (Lipinski definition) is 2. The molecular formula is C19H43InN2. The summed E-state index contributed by atoms with van der Waals surface area (Å²) in [7, 11) is 0. The van der Waals surface area contributed by atoms with Gasteiger partial charge in [-0.1, -0.05) is 0 Å². The van der Waals surface area contributed by atoms with Gasteiger partial charge in [-0.25, -0.2) is 0 Å². The van der Waals surface area contributed by atoms with Crippen LogP contribution < -0.4 is 0 Å². The van der Waals surface area contributed by atoms with Crippen molar-refractivity contribution in [1.82, 2.24) is 9.80 Å². The summed E-state index contributed by atoms with van der Waals surface area (Å²) in [6.07, 6.45) is 4.22. The second kappa shape index (κ2) is 14.2. The van der Waals surface area contributed by atoms with Crippen molar-refractivity contribution in [2.24, 2.45) is 0 Å². The van der Waals surface area contributed by atoms with Crippen LogP contribution in [0.25, 0.3) is 0 Å². The summed E-state index contributed by atoms with van der Waals surface area (Å²) in [5, 5.41) is 0. The number of rotatable bonds is 14. The molecule has 0 aliphatic rings. The fraction of sp³-hybridized carbons (Fsp3) is 1.00. The monoisotopic (exact) mass is 414 g/mol. The average Bonchev–Trinajstić information content (AvgIpc) is 2.47. The van der Waals surface area contributed by atoms with Crippen LogP contribution in [0.15, 0.2) is 0 Å². The Hall–Kier alpha value is 0.790. The van der Waals surface area contributed by atoms with E-state index in [1.54, 1.807) is 8.35 Å². The molecule has 0 saturated heterocycles. The van der Waals surface area contributed by atoms with E-state index in [1.165, 1.54) is 52.0 Å². The van der Waals surface area contributed by atoms with Crippen molar-refractivity contribution in [2.45, 2.75) is 85.8 Å². The van der Waals surface area contributed by atoms with Gasteiger partial charge in [-0.2, -0.15) is 0 Å². The Morgan fingerprint density at radius 2 is 1.36 bits per heavy atom. The van der Waals surface area contributed by atoms with Crippen molar-refractivity contribution in [1.29, 1.82) is 0 Å². The van der Waals surface area contributed by atoms with Crippen LogP contribution in [0.1, 0.15) is 67.7 Å². The molecule has 22 heavy (non-hydrogen) atoms. The average molecular weight is 414 g/mol. The first-order valence-corrected chi connectivity index (χ1v) is 16.5. The van der Waals surface area contributed by atoms with E-state index < -0.39 is 21.4 Å². The fourth-order valence-corrected chi connectivity index (χ4v) is 12.1. The summed E-state index contributed by atoms with van der Waals surface area (Å²) in [6, 6.07) is 0.713. The van der Waals surface area contributed by atoms with E-state index in [-0.39, 0.29) is 0 Å². The first kappa shape index (κ1) is 22.8. The number of hydrogen-bond donors (Lipinski definition) is 0. The Morgan fingerprint density at radius 3 is 1.77 bits per heavy atom. The Bertz CT molecular complexity index is 244. The molecule has 0 aliphatic carbocycles. The third-order valence-electron chi connectivity index (χ3n) is 5.14. The van der Waals surface area contributed by atoms with Crippen LogP contribution in [0.2, 0.25) is 12.0 Å². The maximum absolute atomic E-state index is 2.64. The molecule has 0 saturated carbocycles. The van der Waals surface area contributed by atoms with E-state index in [2.05, 4.69) is 58.3 Å². The molecule has 0 aromatic heterocycles. The summed E-state index contributed by atoms with van der Waals surface area (Å²) < 4.78 is 4.27. The van der Waals surface area contributed by atoms with E-state index in [9.17, 15) is 0 Å².